The number of rotatable bonds is 2. The zero-order chi connectivity index (χ0) is 10.0. The molecule has 0 fully saturated rings. The van der Waals surface area contributed by atoms with Crippen LogP contribution in [0.2, 0.25) is 0 Å². The van der Waals surface area contributed by atoms with Crippen LogP contribution in [-0.2, 0) is 0 Å². The minimum atomic E-state index is -0.131. The lowest BCUT2D eigenvalue weighted by molar-refractivity contribution is 0.582. The minimum Gasteiger partial charge on any atom is -0.261 e. The third-order valence-electron chi connectivity index (χ3n) is 2.09. The molecule has 0 atom stereocenters. The summed E-state index contributed by atoms with van der Waals surface area (Å²) in [6, 6.07) is 1.43. The molecule has 0 saturated carbocycles. The van der Waals surface area contributed by atoms with Crippen molar-refractivity contribution in [3.63, 3.8) is 0 Å². The molecule has 0 aliphatic heterocycles. The zero-order valence-electron chi connectivity index (χ0n) is 8.63. The van der Waals surface area contributed by atoms with E-state index < -0.39 is 0 Å². The van der Waals surface area contributed by atoms with E-state index in [1.807, 2.05) is 27.7 Å². The summed E-state index contributed by atoms with van der Waals surface area (Å²) in [5, 5.41) is 0. The van der Waals surface area contributed by atoms with Gasteiger partial charge in [-0.2, -0.15) is 0 Å². The van der Waals surface area contributed by atoms with E-state index in [1.54, 1.807) is 0 Å². The molecule has 0 N–H and O–H groups in total. The Kier molecular flexibility index (Phi) is 3.02. The van der Waals surface area contributed by atoms with Crippen molar-refractivity contribution in [1.29, 1.82) is 0 Å². The van der Waals surface area contributed by atoms with Gasteiger partial charge in [0.2, 0.25) is 0 Å². The third kappa shape index (κ3) is 2.06. The van der Waals surface area contributed by atoms with Crippen LogP contribution >= 0.6 is 0 Å². The van der Waals surface area contributed by atoms with Gasteiger partial charge in [0.05, 0.1) is 0 Å². The number of pyridine rings is 1. The molecule has 0 aliphatic rings. The Bertz CT molecular complexity index is 292. The molecule has 72 valence electrons. The van der Waals surface area contributed by atoms with Gasteiger partial charge in [-0.15, -0.1) is 0 Å². The molecule has 1 heterocycles. The van der Waals surface area contributed by atoms with Gasteiger partial charge in [-0.25, -0.2) is 4.39 Å². The summed E-state index contributed by atoms with van der Waals surface area (Å²) in [6.07, 6.45) is 1.54. The lowest BCUT2D eigenvalue weighted by Crippen LogP contribution is -2.04. The summed E-state index contributed by atoms with van der Waals surface area (Å²) in [5.41, 5.74) is 1.65. The van der Waals surface area contributed by atoms with Gasteiger partial charge in [0.15, 0.2) is 0 Å². The van der Waals surface area contributed by atoms with Crippen molar-refractivity contribution in [3.05, 3.63) is 29.3 Å². The number of aromatic nitrogens is 1. The van der Waals surface area contributed by atoms with E-state index in [9.17, 15) is 4.39 Å². The predicted octanol–water partition coefficient (Wildman–Crippen LogP) is 3.47. The minimum absolute atomic E-state index is 0.131. The number of halogens is 1. The van der Waals surface area contributed by atoms with Crippen molar-refractivity contribution in [3.8, 4) is 0 Å². The molecule has 0 saturated heterocycles. The van der Waals surface area contributed by atoms with Gasteiger partial charge in [-0.3, -0.25) is 4.98 Å². The summed E-state index contributed by atoms with van der Waals surface area (Å²) in [6.45, 7) is 8.05. The van der Waals surface area contributed by atoms with E-state index in [4.69, 9.17) is 0 Å². The van der Waals surface area contributed by atoms with Crippen molar-refractivity contribution >= 4 is 0 Å². The summed E-state index contributed by atoms with van der Waals surface area (Å²) < 4.78 is 13.4. The standard InChI is InChI=1S/C11H16FN/c1-7(2)10-9(12)5-6-13-11(10)8(3)4/h5-8H,1-4H3. The Balaban J connectivity index is 3.26. The highest BCUT2D eigenvalue weighted by atomic mass is 19.1. The molecule has 1 nitrogen and oxygen atoms in total. The molecular weight excluding hydrogens is 165 g/mol. The van der Waals surface area contributed by atoms with Crippen LogP contribution in [0.4, 0.5) is 4.39 Å². The van der Waals surface area contributed by atoms with Gasteiger partial charge >= 0.3 is 0 Å². The first-order valence-corrected chi connectivity index (χ1v) is 4.68. The van der Waals surface area contributed by atoms with E-state index in [1.165, 1.54) is 12.3 Å². The molecule has 1 aromatic rings. The average molecular weight is 181 g/mol. The second-order valence-corrected chi connectivity index (χ2v) is 3.90. The molecule has 0 bridgehead atoms. The van der Waals surface area contributed by atoms with Crippen LogP contribution in [0.3, 0.4) is 0 Å². The molecule has 0 aromatic carbocycles. The van der Waals surface area contributed by atoms with Crippen LogP contribution in [0, 0.1) is 5.82 Å². The predicted molar refractivity (Wildman–Crippen MR) is 52.4 cm³/mol. The van der Waals surface area contributed by atoms with Crippen LogP contribution in [-0.4, -0.2) is 4.98 Å². The van der Waals surface area contributed by atoms with Crippen molar-refractivity contribution < 1.29 is 4.39 Å². The summed E-state index contributed by atoms with van der Waals surface area (Å²) in [7, 11) is 0. The highest BCUT2D eigenvalue weighted by Crippen LogP contribution is 2.26. The molecule has 13 heavy (non-hydrogen) atoms. The molecule has 1 rings (SSSR count). The molecule has 0 spiro atoms. The smallest absolute Gasteiger partial charge is 0.130 e. The van der Waals surface area contributed by atoms with Crippen LogP contribution < -0.4 is 0 Å². The third-order valence-corrected chi connectivity index (χ3v) is 2.09. The highest BCUT2D eigenvalue weighted by Gasteiger charge is 2.15. The van der Waals surface area contributed by atoms with Gasteiger partial charge < -0.3 is 0 Å². The van der Waals surface area contributed by atoms with Crippen molar-refractivity contribution in [2.45, 2.75) is 39.5 Å². The van der Waals surface area contributed by atoms with Crippen molar-refractivity contribution in [2.75, 3.05) is 0 Å². The second kappa shape index (κ2) is 3.86. The maximum atomic E-state index is 13.4. The largest absolute Gasteiger partial charge is 0.261 e. The van der Waals surface area contributed by atoms with Crippen molar-refractivity contribution in [1.82, 2.24) is 4.98 Å². The van der Waals surface area contributed by atoms with Gasteiger partial charge in [0, 0.05) is 17.5 Å². The first kappa shape index (κ1) is 10.2. The Morgan fingerprint density at radius 2 is 1.77 bits per heavy atom. The van der Waals surface area contributed by atoms with E-state index >= 15 is 0 Å². The first-order valence-electron chi connectivity index (χ1n) is 4.68. The molecule has 2 heteroatoms. The maximum Gasteiger partial charge on any atom is 0.130 e. The highest BCUT2D eigenvalue weighted by molar-refractivity contribution is 5.27. The van der Waals surface area contributed by atoms with E-state index in [2.05, 4.69) is 4.98 Å². The van der Waals surface area contributed by atoms with Crippen LogP contribution in [0.25, 0.3) is 0 Å². The zero-order valence-corrected chi connectivity index (χ0v) is 8.63. The molecule has 1 aromatic heterocycles. The molecule has 0 amide bonds. The Hall–Kier alpha value is -0.920. The maximum absolute atomic E-state index is 13.4. The normalized spacial score (nSPS) is 11.3. The summed E-state index contributed by atoms with van der Waals surface area (Å²) in [4.78, 5) is 4.22. The quantitative estimate of drug-likeness (QED) is 0.680. The van der Waals surface area contributed by atoms with Gasteiger partial charge in [0.25, 0.3) is 0 Å². The monoisotopic (exact) mass is 181 g/mol. The molecule has 0 unspecified atom stereocenters. The van der Waals surface area contributed by atoms with E-state index in [0.717, 1.165) is 11.3 Å². The molecule has 0 radical (unpaired) electrons. The first-order chi connectivity index (χ1) is 6.04. The Morgan fingerprint density at radius 3 is 2.15 bits per heavy atom. The van der Waals surface area contributed by atoms with E-state index in [0.29, 0.717) is 0 Å². The van der Waals surface area contributed by atoms with Crippen molar-refractivity contribution in [2.24, 2.45) is 0 Å². The second-order valence-electron chi connectivity index (χ2n) is 3.90. The molecular formula is C11H16FN. The van der Waals surface area contributed by atoms with Gasteiger partial charge in [-0.1, -0.05) is 27.7 Å². The number of hydrogen-bond acceptors (Lipinski definition) is 1. The van der Waals surface area contributed by atoms with Gasteiger partial charge in [0.1, 0.15) is 5.82 Å². The van der Waals surface area contributed by atoms with Crippen LogP contribution in [0.5, 0.6) is 0 Å². The lowest BCUT2D eigenvalue weighted by atomic mass is 9.95. The van der Waals surface area contributed by atoms with Crippen LogP contribution in [0.1, 0.15) is 50.8 Å². The Morgan fingerprint density at radius 1 is 1.15 bits per heavy atom. The number of nitrogens with zero attached hydrogens (tertiary/aromatic N) is 1. The van der Waals surface area contributed by atoms with Gasteiger partial charge in [-0.05, 0) is 17.9 Å². The molecule has 0 aliphatic carbocycles. The number of hydrogen-bond donors (Lipinski definition) is 0. The fourth-order valence-corrected chi connectivity index (χ4v) is 1.50. The summed E-state index contributed by atoms with van der Waals surface area (Å²) in [5.74, 6) is 0.355. The summed E-state index contributed by atoms with van der Waals surface area (Å²) >= 11 is 0. The van der Waals surface area contributed by atoms with E-state index in [-0.39, 0.29) is 17.7 Å². The average Bonchev–Trinajstić information content (AvgIpc) is 2.02. The Labute approximate surface area is 79.0 Å². The fraction of sp³-hybridized carbons (Fsp3) is 0.545. The lowest BCUT2D eigenvalue weighted by Gasteiger charge is -2.14. The fourth-order valence-electron chi connectivity index (χ4n) is 1.50. The topological polar surface area (TPSA) is 12.9 Å². The van der Waals surface area contributed by atoms with Crippen LogP contribution in [0.15, 0.2) is 12.3 Å². The SMILES string of the molecule is CC(C)c1nccc(F)c1C(C)C.